The summed E-state index contributed by atoms with van der Waals surface area (Å²) < 4.78 is 0. The van der Waals surface area contributed by atoms with Gasteiger partial charge in [-0.25, -0.2) is 0 Å². The summed E-state index contributed by atoms with van der Waals surface area (Å²) in [6.45, 7) is 8.14. The second-order valence-electron chi connectivity index (χ2n) is 5.88. The van der Waals surface area contributed by atoms with Crippen LogP contribution in [0, 0.1) is 6.92 Å². The molecule has 0 aliphatic carbocycles. The molecule has 1 N–H and O–H groups in total. The molecule has 2 heterocycles. The Kier molecular flexibility index (Phi) is 2.71. The number of nitrogens with zero attached hydrogens (tertiary/aromatic N) is 1. The summed E-state index contributed by atoms with van der Waals surface area (Å²) in [6.07, 6.45) is 1.33. The van der Waals surface area contributed by atoms with Gasteiger partial charge >= 0.3 is 0 Å². The second-order valence-corrected chi connectivity index (χ2v) is 5.88. The highest BCUT2D eigenvalue weighted by atomic mass is 16.2. The maximum absolute atomic E-state index is 12.6. The molecule has 1 saturated heterocycles. The number of carbonyl (C=O) groups excluding carboxylic acids is 2. The molecule has 2 aliphatic rings. The van der Waals surface area contributed by atoms with Crippen molar-refractivity contribution >= 4 is 11.8 Å². The molecule has 0 bridgehead atoms. The summed E-state index contributed by atoms with van der Waals surface area (Å²) in [7, 11) is 0. The van der Waals surface area contributed by atoms with Crippen molar-refractivity contribution in [3.63, 3.8) is 0 Å². The lowest BCUT2D eigenvalue weighted by atomic mass is 9.88. The van der Waals surface area contributed by atoms with Crippen LogP contribution in [0.15, 0.2) is 30.5 Å². The van der Waals surface area contributed by atoms with Crippen molar-refractivity contribution in [2.24, 2.45) is 0 Å². The number of benzene rings is 1. The van der Waals surface area contributed by atoms with E-state index in [4.69, 9.17) is 0 Å². The fourth-order valence-electron chi connectivity index (χ4n) is 2.97. The van der Waals surface area contributed by atoms with Gasteiger partial charge in [0.05, 0.1) is 0 Å². The average Bonchev–Trinajstić information content (AvgIpc) is 2.72. The van der Waals surface area contributed by atoms with Gasteiger partial charge in [0.25, 0.3) is 5.91 Å². The smallest absolute Gasteiger partial charge is 0.255 e. The zero-order valence-electron chi connectivity index (χ0n) is 11.8. The van der Waals surface area contributed by atoms with E-state index in [9.17, 15) is 9.59 Å². The van der Waals surface area contributed by atoms with E-state index in [0.717, 1.165) is 16.8 Å². The molecule has 0 saturated carbocycles. The largest absolute Gasteiger partial charge is 0.328 e. The molecule has 0 spiro atoms. The van der Waals surface area contributed by atoms with Gasteiger partial charge in [-0.2, -0.15) is 0 Å². The Morgan fingerprint density at radius 2 is 2.10 bits per heavy atom. The maximum Gasteiger partial charge on any atom is 0.255 e. The Labute approximate surface area is 118 Å². The van der Waals surface area contributed by atoms with E-state index in [2.05, 4.69) is 11.9 Å². The van der Waals surface area contributed by atoms with E-state index < -0.39 is 5.54 Å². The van der Waals surface area contributed by atoms with Crippen molar-refractivity contribution in [3.05, 3.63) is 47.2 Å². The van der Waals surface area contributed by atoms with Gasteiger partial charge in [0.2, 0.25) is 5.91 Å². The monoisotopic (exact) mass is 270 g/mol. The third kappa shape index (κ3) is 1.75. The van der Waals surface area contributed by atoms with E-state index in [1.54, 1.807) is 4.90 Å². The van der Waals surface area contributed by atoms with Gasteiger partial charge in [0, 0.05) is 17.8 Å². The lowest BCUT2D eigenvalue weighted by molar-refractivity contribution is -0.132. The number of nitrogens with one attached hydrogen (secondary N) is 1. The van der Waals surface area contributed by atoms with Crippen molar-refractivity contribution in [1.29, 1.82) is 0 Å². The van der Waals surface area contributed by atoms with E-state index in [1.807, 2.05) is 32.0 Å². The van der Waals surface area contributed by atoms with Crippen LogP contribution in [-0.4, -0.2) is 22.3 Å². The van der Waals surface area contributed by atoms with E-state index in [0.29, 0.717) is 24.9 Å². The molecular formula is C16H18N2O2. The first-order valence-corrected chi connectivity index (χ1v) is 6.82. The van der Waals surface area contributed by atoms with Crippen molar-refractivity contribution < 1.29 is 9.59 Å². The van der Waals surface area contributed by atoms with Crippen molar-refractivity contribution in [1.82, 2.24) is 10.2 Å². The topological polar surface area (TPSA) is 49.4 Å². The molecule has 1 aromatic rings. The summed E-state index contributed by atoms with van der Waals surface area (Å²) >= 11 is 0. The van der Waals surface area contributed by atoms with Gasteiger partial charge in [0.15, 0.2) is 0 Å². The first-order chi connectivity index (χ1) is 9.41. The summed E-state index contributed by atoms with van der Waals surface area (Å²) in [6, 6.07) is 5.82. The minimum atomic E-state index is -0.787. The SMILES string of the molecule is C=C1CCC(C)(N2Cc3cc(C)ccc3C2=O)C(=O)N1. The van der Waals surface area contributed by atoms with Crippen LogP contribution in [0.5, 0.6) is 0 Å². The highest BCUT2D eigenvalue weighted by Crippen LogP contribution is 2.35. The molecule has 3 rings (SSSR count). The number of aryl methyl sites for hydroxylation is 1. The molecule has 2 aliphatic heterocycles. The lowest BCUT2D eigenvalue weighted by Gasteiger charge is -2.40. The normalized spacial score (nSPS) is 25.7. The number of hydrogen-bond donors (Lipinski definition) is 1. The number of allylic oxidation sites excluding steroid dienone is 1. The number of carbonyl (C=O) groups is 2. The molecule has 4 heteroatoms. The Bertz CT molecular complexity index is 635. The first kappa shape index (κ1) is 12.9. The highest BCUT2D eigenvalue weighted by Gasteiger charge is 2.47. The molecular weight excluding hydrogens is 252 g/mol. The fourth-order valence-corrected chi connectivity index (χ4v) is 2.97. The zero-order chi connectivity index (χ0) is 14.5. The predicted molar refractivity (Wildman–Crippen MR) is 76.0 cm³/mol. The number of amides is 2. The molecule has 1 fully saturated rings. The van der Waals surface area contributed by atoms with E-state index in [1.165, 1.54) is 0 Å². The Balaban J connectivity index is 1.95. The fraction of sp³-hybridized carbons (Fsp3) is 0.375. The molecule has 2 amide bonds. The number of hydrogen-bond acceptors (Lipinski definition) is 2. The van der Waals surface area contributed by atoms with Gasteiger partial charge in [0.1, 0.15) is 5.54 Å². The van der Waals surface area contributed by atoms with Crippen LogP contribution in [0.2, 0.25) is 0 Å². The number of piperidine rings is 1. The molecule has 20 heavy (non-hydrogen) atoms. The van der Waals surface area contributed by atoms with Crippen LogP contribution >= 0.6 is 0 Å². The minimum Gasteiger partial charge on any atom is -0.328 e. The van der Waals surface area contributed by atoms with Crippen LogP contribution in [-0.2, 0) is 11.3 Å². The van der Waals surface area contributed by atoms with Gasteiger partial charge in [-0.1, -0.05) is 24.3 Å². The van der Waals surface area contributed by atoms with Gasteiger partial charge < -0.3 is 10.2 Å². The molecule has 1 atom stereocenters. The highest BCUT2D eigenvalue weighted by molar-refractivity contribution is 6.02. The van der Waals surface area contributed by atoms with Crippen LogP contribution in [0.4, 0.5) is 0 Å². The summed E-state index contributed by atoms with van der Waals surface area (Å²) in [5, 5.41) is 2.78. The molecule has 104 valence electrons. The second kappa shape index (κ2) is 4.20. The maximum atomic E-state index is 12.6. The molecule has 0 aromatic heterocycles. The van der Waals surface area contributed by atoms with Gasteiger partial charge in [-0.15, -0.1) is 0 Å². The van der Waals surface area contributed by atoms with E-state index >= 15 is 0 Å². The van der Waals surface area contributed by atoms with Crippen molar-refractivity contribution in [3.8, 4) is 0 Å². The minimum absolute atomic E-state index is 0.0508. The third-order valence-corrected chi connectivity index (χ3v) is 4.35. The molecule has 1 aromatic carbocycles. The third-order valence-electron chi connectivity index (χ3n) is 4.35. The van der Waals surface area contributed by atoms with Gasteiger partial charge in [-0.3, -0.25) is 9.59 Å². The quantitative estimate of drug-likeness (QED) is 0.850. The Morgan fingerprint density at radius 3 is 2.80 bits per heavy atom. The van der Waals surface area contributed by atoms with Gasteiger partial charge in [-0.05, 0) is 38.3 Å². The average molecular weight is 270 g/mol. The number of fused-ring (bicyclic) bond motifs is 1. The van der Waals surface area contributed by atoms with Crippen molar-refractivity contribution in [2.45, 2.75) is 38.8 Å². The Hall–Kier alpha value is -2.10. The van der Waals surface area contributed by atoms with Crippen molar-refractivity contribution in [2.75, 3.05) is 0 Å². The predicted octanol–water partition coefficient (Wildman–Crippen LogP) is 2.13. The molecule has 0 radical (unpaired) electrons. The van der Waals surface area contributed by atoms with Crippen LogP contribution < -0.4 is 5.32 Å². The summed E-state index contributed by atoms with van der Waals surface area (Å²) in [5.41, 5.74) is 2.80. The van der Waals surface area contributed by atoms with Crippen LogP contribution in [0.1, 0.15) is 41.3 Å². The number of rotatable bonds is 1. The molecule has 4 nitrogen and oxygen atoms in total. The van der Waals surface area contributed by atoms with E-state index in [-0.39, 0.29) is 11.8 Å². The van der Waals surface area contributed by atoms with Crippen LogP contribution in [0.25, 0.3) is 0 Å². The lowest BCUT2D eigenvalue weighted by Crippen LogP contribution is -2.59. The summed E-state index contributed by atoms with van der Waals surface area (Å²) in [5.74, 6) is -0.184. The Morgan fingerprint density at radius 1 is 1.35 bits per heavy atom. The van der Waals surface area contributed by atoms with Crippen LogP contribution in [0.3, 0.4) is 0 Å². The first-order valence-electron chi connectivity index (χ1n) is 6.82. The molecule has 1 unspecified atom stereocenters. The zero-order valence-corrected chi connectivity index (χ0v) is 11.8. The standard InChI is InChI=1S/C16H18N2O2/c1-10-4-5-13-12(8-10)9-18(14(13)19)16(3)7-6-11(2)17-15(16)20/h4-5,8H,2,6-7,9H2,1,3H3,(H,17,20). The summed E-state index contributed by atoms with van der Waals surface area (Å²) in [4.78, 5) is 26.6.